The number of sulfone groups is 1. The van der Waals surface area contributed by atoms with Crippen LogP contribution in [0, 0.1) is 18.8 Å². The van der Waals surface area contributed by atoms with Crippen LogP contribution in [0.25, 0.3) is 0 Å². The Hall–Kier alpha value is -1.80. The molecule has 2 heterocycles. The Labute approximate surface area is 174 Å². The number of benzene rings is 1. The van der Waals surface area contributed by atoms with Crippen LogP contribution in [-0.2, 0) is 21.1 Å². The average Bonchev–Trinajstić information content (AvgIpc) is 3.32. The largest absolute Gasteiger partial charge is 0.493 e. The minimum absolute atomic E-state index is 0.149. The molecule has 2 fully saturated rings. The monoisotopic (exact) mass is 423 g/mol. The molecule has 7 nitrogen and oxygen atoms in total. The van der Waals surface area contributed by atoms with Gasteiger partial charge in [-0.3, -0.25) is 0 Å². The topological polar surface area (TPSA) is 89.0 Å². The number of hydrogen-bond donors (Lipinski definition) is 2. The first kappa shape index (κ1) is 21.9. The maximum atomic E-state index is 11.6. The predicted octanol–water partition coefficient (Wildman–Crippen LogP) is 1.90. The third-order valence-corrected chi connectivity index (χ3v) is 7.19. The smallest absolute Gasteiger partial charge is 0.191 e. The summed E-state index contributed by atoms with van der Waals surface area (Å²) in [7, 11) is -2.86. The molecule has 0 saturated carbocycles. The highest BCUT2D eigenvalue weighted by atomic mass is 32.2. The van der Waals surface area contributed by atoms with Crippen molar-refractivity contribution in [1.82, 2.24) is 10.6 Å². The van der Waals surface area contributed by atoms with Crippen LogP contribution >= 0.6 is 0 Å². The Morgan fingerprint density at radius 1 is 1.28 bits per heavy atom. The number of guanidine groups is 1. The molecule has 0 aromatic heterocycles. The molecule has 0 bridgehead atoms. The zero-order chi connectivity index (χ0) is 20.7. The first-order chi connectivity index (χ1) is 13.9. The Kier molecular flexibility index (Phi) is 7.77. The minimum atomic E-state index is -2.86. The van der Waals surface area contributed by atoms with Gasteiger partial charge in [-0.1, -0.05) is 12.1 Å². The summed E-state index contributed by atoms with van der Waals surface area (Å²) in [5.41, 5.74) is 2.19. The Balaban J connectivity index is 1.60. The van der Waals surface area contributed by atoms with Crippen LogP contribution in [0.4, 0.5) is 0 Å². The van der Waals surface area contributed by atoms with Crippen LogP contribution in [0.2, 0.25) is 0 Å². The number of nitrogens with zero attached hydrogens (tertiary/aromatic N) is 1. The van der Waals surface area contributed by atoms with Gasteiger partial charge in [-0.15, -0.1) is 0 Å². The molecule has 2 aliphatic rings. The maximum absolute atomic E-state index is 11.6. The van der Waals surface area contributed by atoms with Crippen molar-refractivity contribution in [1.29, 1.82) is 0 Å². The van der Waals surface area contributed by atoms with Crippen LogP contribution in [0.1, 0.15) is 30.9 Å². The Bertz CT molecular complexity index is 804. The molecule has 29 heavy (non-hydrogen) atoms. The minimum Gasteiger partial charge on any atom is -0.493 e. The van der Waals surface area contributed by atoms with Gasteiger partial charge in [0, 0.05) is 31.2 Å². The fraction of sp³-hybridized carbons (Fsp3) is 0.667. The first-order valence-corrected chi connectivity index (χ1v) is 12.3. The van der Waals surface area contributed by atoms with Gasteiger partial charge in [-0.25, -0.2) is 13.4 Å². The summed E-state index contributed by atoms with van der Waals surface area (Å²) in [5.74, 6) is 2.74. The van der Waals surface area contributed by atoms with Crippen molar-refractivity contribution < 1.29 is 17.9 Å². The summed E-state index contributed by atoms with van der Waals surface area (Å²) in [6.45, 7) is 8.17. The standard InChI is InChI=1S/C21H33N3O4S/c1-3-22-21(23-11-17-7-9-29(25,26)15-17)24-12-19-5-4-16(2)10-20(19)28-14-18-6-8-27-13-18/h4-5,10,17-18H,3,6-9,11-15H2,1-2H3,(H2,22,23,24). The number of nitrogens with one attached hydrogen (secondary N) is 2. The van der Waals surface area contributed by atoms with Crippen LogP contribution in [0.5, 0.6) is 5.75 Å². The number of hydrogen-bond acceptors (Lipinski definition) is 5. The third-order valence-electron chi connectivity index (χ3n) is 5.36. The van der Waals surface area contributed by atoms with E-state index in [-0.39, 0.29) is 11.7 Å². The van der Waals surface area contributed by atoms with E-state index >= 15 is 0 Å². The molecule has 2 aliphatic heterocycles. The van der Waals surface area contributed by atoms with Crippen molar-refractivity contribution in [2.75, 3.05) is 44.4 Å². The predicted molar refractivity (Wildman–Crippen MR) is 115 cm³/mol. The van der Waals surface area contributed by atoms with Gasteiger partial charge in [0.15, 0.2) is 15.8 Å². The number of rotatable bonds is 8. The summed E-state index contributed by atoms with van der Waals surface area (Å²) in [4.78, 5) is 4.69. The lowest BCUT2D eigenvalue weighted by atomic mass is 10.1. The normalized spacial score (nSPS) is 23.9. The van der Waals surface area contributed by atoms with Crippen LogP contribution in [0.3, 0.4) is 0 Å². The Morgan fingerprint density at radius 3 is 2.83 bits per heavy atom. The molecule has 3 rings (SSSR count). The van der Waals surface area contributed by atoms with E-state index in [0.717, 1.165) is 49.5 Å². The van der Waals surface area contributed by atoms with Crippen molar-refractivity contribution >= 4 is 15.8 Å². The lowest BCUT2D eigenvalue weighted by Gasteiger charge is -2.16. The van der Waals surface area contributed by atoms with Gasteiger partial charge in [0.05, 0.1) is 31.3 Å². The molecule has 162 valence electrons. The van der Waals surface area contributed by atoms with E-state index in [2.05, 4.69) is 35.8 Å². The van der Waals surface area contributed by atoms with Gasteiger partial charge in [0.2, 0.25) is 0 Å². The SMILES string of the molecule is CCNC(=NCc1ccc(C)cc1OCC1CCOC1)NCC1CCS(=O)(=O)C1. The molecule has 8 heteroatoms. The van der Waals surface area contributed by atoms with E-state index in [4.69, 9.17) is 14.5 Å². The van der Waals surface area contributed by atoms with Crippen molar-refractivity contribution in [3.05, 3.63) is 29.3 Å². The first-order valence-electron chi connectivity index (χ1n) is 10.5. The van der Waals surface area contributed by atoms with Gasteiger partial charge in [-0.05, 0) is 44.2 Å². The number of aliphatic imine (C=N–C) groups is 1. The van der Waals surface area contributed by atoms with Crippen LogP contribution in [-0.4, -0.2) is 58.8 Å². The molecule has 0 amide bonds. The molecule has 2 N–H and O–H groups in total. The number of aryl methyl sites for hydroxylation is 1. The third kappa shape index (κ3) is 6.89. The fourth-order valence-corrected chi connectivity index (χ4v) is 5.49. The molecule has 0 aliphatic carbocycles. The lowest BCUT2D eigenvalue weighted by molar-refractivity contribution is 0.166. The molecule has 2 saturated heterocycles. The average molecular weight is 424 g/mol. The molecule has 0 radical (unpaired) electrons. The molecular formula is C21H33N3O4S. The van der Waals surface area contributed by atoms with Gasteiger partial charge in [0.25, 0.3) is 0 Å². The highest BCUT2D eigenvalue weighted by Gasteiger charge is 2.27. The Morgan fingerprint density at radius 2 is 2.14 bits per heavy atom. The van der Waals surface area contributed by atoms with E-state index in [1.54, 1.807) is 0 Å². The van der Waals surface area contributed by atoms with Crippen molar-refractivity contribution in [2.24, 2.45) is 16.8 Å². The molecule has 1 aromatic rings. The van der Waals surface area contributed by atoms with Crippen molar-refractivity contribution in [3.8, 4) is 5.75 Å². The van der Waals surface area contributed by atoms with Gasteiger partial charge < -0.3 is 20.1 Å². The lowest BCUT2D eigenvalue weighted by Crippen LogP contribution is -2.40. The second-order valence-corrected chi connectivity index (χ2v) is 10.2. The summed E-state index contributed by atoms with van der Waals surface area (Å²) >= 11 is 0. The van der Waals surface area contributed by atoms with E-state index in [1.807, 2.05) is 6.92 Å². The van der Waals surface area contributed by atoms with E-state index in [1.165, 1.54) is 0 Å². The van der Waals surface area contributed by atoms with Crippen molar-refractivity contribution in [3.63, 3.8) is 0 Å². The second-order valence-electron chi connectivity index (χ2n) is 8.00. The quantitative estimate of drug-likeness (QED) is 0.490. The van der Waals surface area contributed by atoms with E-state index < -0.39 is 9.84 Å². The number of ether oxygens (including phenoxy) is 2. The van der Waals surface area contributed by atoms with E-state index in [9.17, 15) is 8.42 Å². The summed E-state index contributed by atoms with van der Waals surface area (Å²) in [6.07, 6.45) is 1.76. The van der Waals surface area contributed by atoms with E-state index in [0.29, 0.717) is 37.3 Å². The summed E-state index contributed by atoms with van der Waals surface area (Å²) < 4.78 is 34.8. The molecule has 2 unspecified atom stereocenters. The molecule has 1 aromatic carbocycles. The highest BCUT2D eigenvalue weighted by molar-refractivity contribution is 7.91. The zero-order valence-corrected chi connectivity index (χ0v) is 18.3. The molecule has 2 atom stereocenters. The zero-order valence-electron chi connectivity index (χ0n) is 17.4. The maximum Gasteiger partial charge on any atom is 0.191 e. The summed E-state index contributed by atoms with van der Waals surface area (Å²) in [6, 6.07) is 6.19. The highest BCUT2D eigenvalue weighted by Crippen LogP contribution is 2.23. The van der Waals surface area contributed by atoms with Crippen molar-refractivity contribution in [2.45, 2.75) is 33.2 Å². The molecule has 0 spiro atoms. The molecular weight excluding hydrogens is 390 g/mol. The van der Waals surface area contributed by atoms with Crippen LogP contribution < -0.4 is 15.4 Å². The van der Waals surface area contributed by atoms with Gasteiger partial charge in [0.1, 0.15) is 5.75 Å². The van der Waals surface area contributed by atoms with Gasteiger partial charge in [-0.2, -0.15) is 0 Å². The second kappa shape index (κ2) is 10.3. The fourth-order valence-electron chi connectivity index (χ4n) is 3.63. The summed E-state index contributed by atoms with van der Waals surface area (Å²) in [5, 5.41) is 6.53. The van der Waals surface area contributed by atoms with Crippen LogP contribution in [0.15, 0.2) is 23.2 Å². The van der Waals surface area contributed by atoms with Gasteiger partial charge >= 0.3 is 0 Å².